The summed E-state index contributed by atoms with van der Waals surface area (Å²) in [6.07, 6.45) is 3.36. The number of ether oxygens (including phenoxy) is 2. The minimum atomic E-state index is -0.333. The molecule has 3 heteroatoms. The molecule has 2 aliphatic heterocycles. The van der Waals surface area contributed by atoms with Gasteiger partial charge in [0.25, 0.3) is 0 Å². The van der Waals surface area contributed by atoms with Gasteiger partial charge in [0.1, 0.15) is 5.60 Å². The Morgan fingerprint density at radius 3 is 2.36 bits per heavy atom. The molecular weight excluding hydrogens is 310 g/mol. The minimum Gasteiger partial charge on any atom is -0.366 e. The maximum Gasteiger partial charge on any atom is 0.122 e. The molecule has 0 aromatic heterocycles. The molecule has 4 rings (SSSR count). The van der Waals surface area contributed by atoms with Gasteiger partial charge in [-0.3, -0.25) is 0 Å². The molecule has 0 spiro atoms. The molecule has 1 saturated carbocycles. The molecule has 0 amide bonds. The number of hydrogen-bond donors (Lipinski definition) is 0. The molecule has 1 aromatic carbocycles. The average Bonchev–Trinajstić information content (AvgIpc) is 2.59. The van der Waals surface area contributed by atoms with Gasteiger partial charge in [-0.1, -0.05) is 44.2 Å². The topological polar surface area (TPSA) is 21.7 Å². The summed E-state index contributed by atoms with van der Waals surface area (Å²) in [6, 6.07) is 10.8. The lowest BCUT2D eigenvalue weighted by Crippen LogP contribution is -2.67. The van der Waals surface area contributed by atoms with Crippen LogP contribution in [0.4, 0.5) is 0 Å². The standard InChI is InChI=1S/C22H35NO2/c1-6-23(7-2)15-16-24-22(18-11-9-8-10-12-18)17-19-13-14-21(22,5)25-20(19,3)4/h8-12,19H,6-7,13-17H2,1-5H3. The van der Waals surface area contributed by atoms with E-state index in [0.717, 1.165) is 39.1 Å². The largest absolute Gasteiger partial charge is 0.366 e. The SMILES string of the molecule is CCN(CC)CCOC1(c2ccccc2)CC2CCC1(C)OC2(C)C. The fourth-order valence-electron chi connectivity index (χ4n) is 5.02. The van der Waals surface area contributed by atoms with E-state index in [4.69, 9.17) is 9.47 Å². The zero-order valence-electron chi connectivity index (χ0n) is 16.7. The van der Waals surface area contributed by atoms with Crippen LogP contribution in [0.1, 0.15) is 59.4 Å². The summed E-state index contributed by atoms with van der Waals surface area (Å²) in [6.45, 7) is 15.1. The van der Waals surface area contributed by atoms with Crippen LogP contribution in [0.2, 0.25) is 0 Å². The zero-order chi connectivity index (χ0) is 18.1. The van der Waals surface area contributed by atoms with Crippen LogP contribution in [0, 0.1) is 5.92 Å². The molecule has 2 bridgehead atoms. The van der Waals surface area contributed by atoms with Crippen molar-refractivity contribution in [3.8, 4) is 0 Å². The van der Waals surface area contributed by atoms with Crippen molar-refractivity contribution in [2.75, 3.05) is 26.2 Å². The lowest BCUT2D eigenvalue weighted by atomic mass is 9.58. The molecule has 2 saturated heterocycles. The van der Waals surface area contributed by atoms with Crippen molar-refractivity contribution in [2.24, 2.45) is 5.92 Å². The predicted molar refractivity (Wildman–Crippen MR) is 103 cm³/mol. The summed E-state index contributed by atoms with van der Waals surface area (Å²) in [5, 5.41) is 0. The van der Waals surface area contributed by atoms with Crippen LogP contribution in [-0.4, -0.2) is 42.3 Å². The van der Waals surface area contributed by atoms with Crippen LogP contribution in [0.25, 0.3) is 0 Å². The number of fused-ring (bicyclic) bond motifs is 3. The molecule has 1 aromatic rings. The monoisotopic (exact) mass is 345 g/mol. The average molecular weight is 346 g/mol. The van der Waals surface area contributed by atoms with Gasteiger partial charge in [0.2, 0.25) is 0 Å². The Labute approximate surface area is 153 Å². The molecule has 1 aliphatic carbocycles. The number of nitrogens with zero attached hydrogens (tertiary/aromatic N) is 1. The smallest absolute Gasteiger partial charge is 0.122 e. The number of hydrogen-bond acceptors (Lipinski definition) is 3. The highest BCUT2D eigenvalue weighted by Gasteiger charge is 2.63. The Morgan fingerprint density at radius 1 is 1.12 bits per heavy atom. The van der Waals surface area contributed by atoms with Gasteiger partial charge in [-0.15, -0.1) is 0 Å². The Hall–Kier alpha value is -0.900. The Morgan fingerprint density at radius 2 is 1.80 bits per heavy atom. The van der Waals surface area contributed by atoms with Gasteiger partial charge < -0.3 is 14.4 Å². The van der Waals surface area contributed by atoms with E-state index in [9.17, 15) is 0 Å². The second-order valence-corrected chi connectivity index (χ2v) is 8.44. The van der Waals surface area contributed by atoms with Crippen molar-refractivity contribution in [3.63, 3.8) is 0 Å². The van der Waals surface area contributed by atoms with Crippen LogP contribution in [-0.2, 0) is 15.1 Å². The van der Waals surface area contributed by atoms with Gasteiger partial charge in [-0.2, -0.15) is 0 Å². The highest BCUT2D eigenvalue weighted by molar-refractivity contribution is 5.30. The third-order valence-electron chi connectivity index (χ3n) is 6.72. The van der Waals surface area contributed by atoms with Crippen molar-refractivity contribution in [2.45, 2.75) is 70.7 Å². The van der Waals surface area contributed by atoms with Gasteiger partial charge in [-0.25, -0.2) is 0 Å². The predicted octanol–water partition coefficient (Wildman–Crippen LogP) is 4.61. The van der Waals surface area contributed by atoms with E-state index in [2.05, 4.69) is 69.9 Å². The molecule has 0 N–H and O–H groups in total. The summed E-state index contributed by atoms with van der Waals surface area (Å²) >= 11 is 0. The third kappa shape index (κ3) is 3.27. The van der Waals surface area contributed by atoms with Crippen LogP contribution in [0.15, 0.2) is 30.3 Å². The molecule has 3 aliphatic rings. The molecule has 0 radical (unpaired) electrons. The van der Waals surface area contributed by atoms with Crippen LogP contribution >= 0.6 is 0 Å². The van der Waals surface area contributed by atoms with E-state index in [1.54, 1.807) is 0 Å². The highest BCUT2D eigenvalue weighted by Crippen LogP contribution is 2.59. The molecule has 2 heterocycles. The maximum atomic E-state index is 6.75. The van der Waals surface area contributed by atoms with Gasteiger partial charge in [0.05, 0.1) is 17.8 Å². The Bertz CT molecular complexity index is 569. The van der Waals surface area contributed by atoms with Crippen LogP contribution < -0.4 is 0 Å². The van der Waals surface area contributed by atoms with E-state index in [-0.39, 0.29) is 16.8 Å². The highest BCUT2D eigenvalue weighted by atomic mass is 16.6. The molecule has 3 unspecified atom stereocenters. The van der Waals surface area contributed by atoms with Crippen LogP contribution in [0.5, 0.6) is 0 Å². The van der Waals surface area contributed by atoms with E-state index in [1.807, 2.05) is 0 Å². The number of rotatable bonds is 7. The maximum absolute atomic E-state index is 6.75. The van der Waals surface area contributed by atoms with E-state index < -0.39 is 0 Å². The van der Waals surface area contributed by atoms with Crippen molar-refractivity contribution in [1.82, 2.24) is 4.90 Å². The molecule has 3 atom stereocenters. The van der Waals surface area contributed by atoms with Gasteiger partial charge in [0.15, 0.2) is 0 Å². The molecule has 140 valence electrons. The van der Waals surface area contributed by atoms with Gasteiger partial charge >= 0.3 is 0 Å². The number of benzene rings is 1. The lowest BCUT2D eigenvalue weighted by Gasteiger charge is -2.63. The second-order valence-electron chi connectivity index (χ2n) is 8.44. The van der Waals surface area contributed by atoms with E-state index in [1.165, 1.54) is 12.0 Å². The van der Waals surface area contributed by atoms with E-state index >= 15 is 0 Å². The van der Waals surface area contributed by atoms with Crippen LogP contribution in [0.3, 0.4) is 0 Å². The minimum absolute atomic E-state index is 0.0620. The first-order chi connectivity index (χ1) is 11.9. The summed E-state index contributed by atoms with van der Waals surface area (Å²) in [4.78, 5) is 2.42. The molecule has 3 fully saturated rings. The van der Waals surface area contributed by atoms with Crippen molar-refractivity contribution < 1.29 is 9.47 Å². The summed E-state index contributed by atoms with van der Waals surface area (Å²) in [7, 11) is 0. The lowest BCUT2D eigenvalue weighted by molar-refractivity contribution is -0.331. The van der Waals surface area contributed by atoms with Crippen molar-refractivity contribution in [3.05, 3.63) is 35.9 Å². The van der Waals surface area contributed by atoms with Gasteiger partial charge in [-0.05, 0) is 64.6 Å². The molecular formula is C22H35NO2. The fourth-order valence-corrected chi connectivity index (χ4v) is 5.02. The number of likely N-dealkylation sites (N-methyl/N-ethyl adjacent to an activating group) is 1. The first-order valence-corrected chi connectivity index (χ1v) is 9.99. The first kappa shape index (κ1) is 18.9. The van der Waals surface area contributed by atoms with Crippen molar-refractivity contribution >= 4 is 0 Å². The quantitative estimate of drug-likeness (QED) is 0.720. The molecule has 25 heavy (non-hydrogen) atoms. The summed E-state index contributed by atoms with van der Waals surface area (Å²) < 4.78 is 13.5. The Kier molecular flexibility index (Phi) is 5.30. The summed E-state index contributed by atoms with van der Waals surface area (Å²) in [5.41, 5.74) is 0.612. The zero-order valence-corrected chi connectivity index (χ0v) is 16.7. The third-order valence-corrected chi connectivity index (χ3v) is 6.72. The summed E-state index contributed by atoms with van der Waals surface area (Å²) in [5.74, 6) is 0.544. The fraction of sp³-hybridized carbons (Fsp3) is 0.727. The van der Waals surface area contributed by atoms with E-state index in [0.29, 0.717) is 5.92 Å². The first-order valence-electron chi connectivity index (χ1n) is 9.99. The molecule has 3 nitrogen and oxygen atoms in total. The van der Waals surface area contributed by atoms with Crippen molar-refractivity contribution in [1.29, 1.82) is 0 Å². The van der Waals surface area contributed by atoms with Gasteiger partial charge in [0, 0.05) is 6.54 Å². The second kappa shape index (κ2) is 7.02. The normalized spacial score (nSPS) is 33.8. The Balaban J connectivity index is 1.89.